The molecular formula is C14H18N4O5. The van der Waals surface area contributed by atoms with Crippen molar-refractivity contribution in [3.8, 4) is 0 Å². The molecular weight excluding hydrogens is 304 g/mol. The third-order valence-corrected chi connectivity index (χ3v) is 3.61. The minimum absolute atomic E-state index is 0.00964. The molecule has 0 saturated carbocycles. The largest absolute Gasteiger partial charge is 0.465 e. The lowest BCUT2D eigenvalue weighted by atomic mass is 9.93. The summed E-state index contributed by atoms with van der Waals surface area (Å²) in [5.74, 6) is -0.578. The lowest BCUT2D eigenvalue weighted by Crippen LogP contribution is -2.42. The number of nitrogens with zero attached hydrogens (tertiary/aromatic N) is 2. The van der Waals surface area contributed by atoms with Crippen molar-refractivity contribution in [1.29, 1.82) is 0 Å². The number of esters is 1. The van der Waals surface area contributed by atoms with E-state index in [2.05, 4.69) is 20.4 Å². The van der Waals surface area contributed by atoms with Gasteiger partial charge in [0.05, 0.1) is 17.6 Å². The zero-order chi connectivity index (χ0) is 17.0. The number of carbonyl (C=O) groups excluding carboxylic acids is 2. The lowest BCUT2D eigenvalue weighted by molar-refractivity contribution is -0.384. The number of hydrogen-bond acceptors (Lipinski definition) is 7. The first-order valence-corrected chi connectivity index (χ1v) is 7.16. The van der Waals surface area contributed by atoms with E-state index < -0.39 is 10.9 Å². The fourth-order valence-corrected chi connectivity index (χ4v) is 2.59. The van der Waals surface area contributed by atoms with Crippen LogP contribution in [0.25, 0.3) is 0 Å². The van der Waals surface area contributed by atoms with Gasteiger partial charge in [-0.15, -0.1) is 0 Å². The van der Waals surface area contributed by atoms with E-state index in [4.69, 9.17) is 0 Å². The Bertz CT molecular complexity index is 634. The summed E-state index contributed by atoms with van der Waals surface area (Å²) in [6.45, 7) is 2.30. The highest BCUT2D eigenvalue weighted by Gasteiger charge is 2.25. The maximum Gasteiger partial charge on any atom is 0.339 e. The first-order chi connectivity index (χ1) is 10.9. The van der Waals surface area contributed by atoms with Crippen molar-refractivity contribution < 1.29 is 19.2 Å². The Hall–Kier alpha value is -2.71. The highest BCUT2D eigenvalue weighted by Crippen LogP contribution is 2.25. The van der Waals surface area contributed by atoms with Crippen molar-refractivity contribution in [2.45, 2.75) is 25.8 Å². The predicted octanol–water partition coefficient (Wildman–Crippen LogP) is 1.10. The Kier molecular flexibility index (Phi) is 5.09. The Morgan fingerprint density at radius 3 is 2.96 bits per heavy atom. The van der Waals surface area contributed by atoms with Gasteiger partial charge >= 0.3 is 11.7 Å². The molecule has 2 rings (SSSR count). The molecule has 9 heteroatoms. The normalized spacial score (nSPS) is 20.5. The number of nitrogens with one attached hydrogen (secondary N) is 2. The standard InChI is InChI=1S/C14H18N4O5/c1-8-3-9(4-12(19)17-8)6-15-13-11(18(21)22)5-10(7-16-13)14(20)23-2/h5,7-9H,3-4,6H2,1-2H3,(H,15,16)(H,17,19)/t8-,9-/m0/s1. The topological polar surface area (TPSA) is 123 Å². The fourth-order valence-electron chi connectivity index (χ4n) is 2.59. The molecule has 23 heavy (non-hydrogen) atoms. The molecule has 0 unspecified atom stereocenters. The van der Waals surface area contributed by atoms with Crippen molar-refractivity contribution in [2.24, 2.45) is 5.92 Å². The average molecular weight is 322 g/mol. The summed E-state index contributed by atoms with van der Waals surface area (Å²) in [4.78, 5) is 37.4. The molecule has 1 aromatic heterocycles. The number of piperidine rings is 1. The number of anilines is 1. The van der Waals surface area contributed by atoms with Crippen LogP contribution in [0.5, 0.6) is 0 Å². The van der Waals surface area contributed by atoms with Gasteiger partial charge in [-0.1, -0.05) is 0 Å². The quantitative estimate of drug-likeness (QED) is 0.472. The van der Waals surface area contributed by atoms with E-state index in [0.29, 0.717) is 13.0 Å². The summed E-state index contributed by atoms with van der Waals surface area (Å²) < 4.78 is 4.52. The third-order valence-electron chi connectivity index (χ3n) is 3.61. The van der Waals surface area contributed by atoms with Crippen molar-refractivity contribution >= 4 is 23.4 Å². The third kappa shape index (κ3) is 4.15. The monoisotopic (exact) mass is 322 g/mol. The number of aromatic nitrogens is 1. The Labute approximate surface area is 132 Å². The number of ether oxygens (including phenoxy) is 1. The average Bonchev–Trinajstić information content (AvgIpc) is 2.51. The first-order valence-electron chi connectivity index (χ1n) is 7.16. The molecule has 1 aliphatic rings. The molecule has 2 atom stereocenters. The summed E-state index contributed by atoms with van der Waals surface area (Å²) in [6.07, 6.45) is 2.37. The Morgan fingerprint density at radius 2 is 2.35 bits per heavy atom. The van der Waals surface area contributed by atoms with Crippen molar-refractivity contribution in [1.82, 2.24) is 10.3 Å². The van der Waals surface area contributed by atoms with E-state index in [-0.39, 0.29) is 34.9 Å². The number of rotatable bonds is 5. The van der Waals surface area contributed by atoms with E-state index in [1.54, 1.807) is 0 Å². The highest BCUT2D eigenvalue weighted by molar-refractivity contribution is 5.90. The van der Waals surface area contributed by atoms with Gasteiger partial charge in [0.25, 0.3) is 0 Å². The maximum absolute atomic E-state index is 11.5. The van der Waals surface area contributed by atoms with Gasteiger partial charge in [-0.05, 0) is 19.3 Å². The van der Waals surface area contributed by atoms with Crippen LogP contribution in [0, 0.1) is 16.0 Å². The van der Waals surface area contributed by atoms with E-state index in [9.17, 15) is 19.7 Å². The summed E-state index contributed by atoms with van der Waals surface area (Å²) in [7, 11) is 1.19. The molecule has 0 spiro atoms. The second-order valence-corrected chi connectivity index (χ2v) is 5.50. The number of amides is 1. The number of nitro groups is 1. The lowest BCUT2D eigenvalue weighted by Gasteiger charge is -2.27. The molecule has 1 amide bonds. The molecule has 2 heterocycles. The molecule has 1 fully saturated rings. The zero-order valence-electron chi connectivity index (χ0n) is 12.9. The van der Waals surface area contributed by atoms with Crippen molar-refractivity contribution in [3.05, 3.63) is 27.9 Å². The van der Waals surface area contributed by atoms with Crippen LogP contribution in [0.1, 0.15) is 30.1 Å². The molecule has 1 saturated heterocycles. The van der Waals surface area contributed by atoms with Crippen molar-refractivity contribution in [2.75, 3.05) is 19.0 Å². The summed E-state index contributed by atoms with van der Waals surface area (Å²) in [5, 5.41) is 16.9. The molecule has 2 N–H and O–H groups in total. The minimum atomic E-state index is -0.690. The van der Waals surface area contributed by atoms with E-state index in [1.165, 1.54) is 13.3 Å². The smallest absolute Gasteiger partial charge is 0.339 e. The first kappa shape index (κ1) is 16.7. The number of pyridine rings is 1. The predicted molar refractivity (Wildman–Crippen MR) is 81.0 cm³/mol. The van der Waals surface area contributed by atoms with Crippen LogP contribution in [-0.2, 0) is 9.53 Å². The Morgan fingerprint density at radius 1 is 1.61 bits per heavy atom. The summed E-state index contributed by atoms with van der Waals surface area (Å²) in [5.41, 5.74) is -0.295. The van der Waals surface area contributed by atoms with E-state index in [1.807, 2.05) is 6.92 Å². The van der Waals surface area contributed by atoms with Gasteiger partial charge in [0, 0.05) is 31.3 Å². The van der Waals surface area contributed by atoms with E-state index >= 15 is 0 Å². The van der Waals surface area contributed by atoms with Crippen molar-refractivity contribution in [3.63, 3.8) is 0 Å². The van der Waals surface area contributed by atoms with Crippen LogP contribution in [0.2, 0.25) is 0 Å². The second kappa shape index (κ2) is 7.03. The SMILES string of the molecule is COC(=O)c1cnc(NC[C@@H]2CC(=O)N[C@@H](C)C2)c([N+](=O)[O-])c1. The van der Waals surface area contributed by atoms with Crippen LogP contribution >= 0.6 is 0 Å². The van der Waals surface area contributed by atoms with Crippen LogP contribution in [0.4, 0.5) is 11.5 Å². The second-order valence-electron chi connectivity index (χ2n) is 5.50. The summed E-state index contributed by atoms with van der Waals surface area (Å²) in [6, 6.07) is 1.20. The molecule has 1 aliphatic heterocycles. The van der Waals surface area contributed by atoms with Crippen LogP contribution in [-0.4, -0.2) is 41.5 Å². The fraction of sp³-hybridized carbons (Fsp3) is 0.500. The minimum Gasteiger partial charge on any atom is -0.465 e. The Balaban J connectivity index is 2.11. The number of hydrogen-bond donors (Lipinski definition) is 2. The van der Waals surface area contributed by atoms with Crippen LogP contribution < -0.4 is 10.6 Å². The van der Waals surface area contributed by atoms with Gasteiger partial charge in [0.15, 0.2) is 0 Å². The molecule has 124 valence electrons. The molecule has 0 bridgehead atoms. The number of methoxy groups -OCH3 is 1. The highest BCUT2D eigenvalue weighted by atomic mass is 16.6. The van der Waals surface area contributed by atoms with Gasteiger partial charge in [-0.25, -0.2) is 9.78 Å². The van der Waals surface area contributed by atoms with Gasteiger partial charge < -0.3 is 15.4 Å². The van der Waals surface area contributed by atoms with Gasteiger partial charge in [-0.2, -0.15) is 0 Å². The van der Waals surface area contributed by atoms with Gasteiger partial charge in [0.2, 0.25) is 11.7 Å². The zero-order valence-corrected chi connectivity index (χ0v) is 12.9. The maximum atomic E-state index is 11.5. The van der Waals surface area contributed by atoms with Gasteiger partial charge in [-0.3, -0.25) is 14.9 Å². The molecule has 0 aliphatic carbocycles. The van der Waals surface area contributed by atoms with Crippen LogP contribution in [0.15, 0.2) is 12.3 Å². The van der Waals surface area contributed by atoms with E-state index in [0.717, 1.165) is 12.5 Å². The number of carbonyl (C=O) groups is 2. The van der Waals surface area contributed by atoms with Gasteiger partial charge in [0.1, 0.15) is 0 Å². The molecule has 1 aromatic rings. The summed E-state index contributed by atoms with van der Waals surface area (Å²) >= 11 is 0. The molecule has 0 radical (unpaired) electrons. The van der Waals surface area contributed by atoms with Crippen LogP contribution in [0.3, 0.4) is 0 Å². The molecule has 0 aromatic carbocycles. The molecule has 9 nitrogen and oxygen atoms in total.